The number of ether oxygens (including phenoxy) is 13. The van der Waals surface area contributed by atoms with Crippen LogP contribution in [0.1, 0.15) is 463 Å². The van der Waals surface area contributed by atoms with E-state index in [2.05, 4.69) is 65.3 Å². The van der Waals surface area contributed by atoms with Crippen LogP contribution in [-0.4, -0.2) is 161 Å². The van der Waals surface area contributed by atoms with E-state index >= 15 is 18.9 Å². The first-order valence-corrected chi connectivity index (χ1v) is 57.8. The van der Waals surface area contributed by atoms with E-state index in [1.165, 1.54) is 122 Å². The average Bonchev–Trinajstić information content (AvgIpc) is 0.994. The number of carbonyl (C=O) groups is 8. The van der Waals surface area contributed by atoms with Crippen molar-refractivity contribution in [2.45, 2.75) is 545 Å². The van der Waals surface area contributed by atoms with Gasteiger partial charge in [0.05, 0.1) is 52.3 Å². The number of fused-ring (bicyclic) bond motifs is 1. The number of esters is 4. The van der Waals surface area contributed by atoms with Gasteiger partial charge in [-0.05, 0) is 74.5 Å². The van der Waals surface area contributed by atoms with Crippen LogP contribution in [0.15, 0.2) is 79.9 Å². The number of benzene rings is 2. The number of methoxy groups -OCH3 is 1. The zero-order valence-electron chi connectivity index (χ0n) is 88.9. The summed E-state index contributed by atoms with van der Waals surface area (Å²) in [6.45, 7) is 18.2. The maximum Gasteiger partial charge on any atom is 0.509 e. The molecule has 2 saturated heterocycles. The van der Waals surface area contributed by atoms with Gasteiger partial charge in [0.1, 0.15) is 61.9 Å². The number of rotatable bonds is 88. The summed E-state index contributed by atoms with van der Waals surface area (Å²) in [5, 5.41) is 6.06. The first-order chi connectivity index (χ1) is 69.3. The van der Waals surface area contributed by atoms with Gasteiger partial charge in [-0.15, -0.1) is 0 Å². The van der Waals surface area contributed by atoms with Gasteiger partial charge >= 0.3 is 44.0 Å². The van der Waals surface area contributed by atoms with Gasteiger partial charge in [-0.1, -0.05) is 430 Å². The molecule has 142 heavy (non-hydrogen) atoms. The number of hydrogen-bond acceptors (Lipinski definition) is 25. The van der Waals surface area contributed by atoms with Crippen LogP contribution in [0.5, 0.6) is 0 Å². The highest BCUT2D eigenvalue weighted by Crippen LogP contribution is 2.55. The number of amides is 2. The smallest absolute Gasteiger partial charge is 0.462 e. The van der Waals surface area contributed by atoms with E-state index in [1.807, 2.05) is 54.6 Å². The fraction of sp³-hybridized carbons (Fsp3) is 0.789. The van der Waals surface area contributed by atoms with Crippen LogP contribution >= 0.6 is 7.82 Å². The number of hydrogen-bond donors (Lipinski definition) is 2. The van der Waals surface area contributed by atoms with Crippen LogP contribution in [0.25, 0.3) is 0 Å². The van der Waals surface area contributed by atoms with E-state index in [1.54, 1.807) is 0 Å². The first kappa shape index (κ1) is 126. The molecule has 13 atom stereocenters. The Kier molecular flexibility index (Phi) is 72.7. The lowest BCUT2D eigenvalue weighted by atomic mass is 9.95. The topological polar surface area (TPSA) is 325 Å². The molecule has 28 heteroatoms. The Morgan fingerprint density at radius 2 is 0.690 bits per heavy atom. The number of phosphoric ester groups is 1. The minimum absolute atomic E-state index is 0.0270. The molecule has 27 nitrogen and oxygen atoms in total. The summed E-state index contributed by atoms with van der Waals surface area (Å²) in [5.74, 6) is -3.69. The highest BCUT2D eigenvalue weighted by Gasteiger charge is 2.57. The van der Waals surface area contributed by atoms with Crippen LogP contribution in [-0.2, 0) is 128 Å². The van der Waals surface area contributed by atoms with Crippen molar-refractivity contribution in [1.82, 2.24) is 10.6 Å². The van der Waals surface area contributed by atoms with Crippen molar-refractivity contribution in [3.05, 3.63) is 96.6 Å². The summed E-state index contributed by atoms with van der Waals surface area (Å²) in [7, 11) is -3.58. The van der Waals surface area contributed by atoms with Crippen LogP contribution < -0.4 is 10.6 Å². The molecular formula is C114H191N2O25P. The maximum absolute atomic E-state index is 16.0. The third-order valence-electron chi connectivity index (χ3n) is 27.0. The van der Waals surface area contributed by atoms with Crippen molar-refractivity contribution in [2.24, 2.45) is 0 Å². The fourth-order valence-corrected chi connectivity index (χ4v) is 20.0. The van der Waals surface area contributed by atoms with E-state index in [4.69, 9.17) is 75.2 Å². The third-order valence-corrected chi connectivity index (χ3v) is 28.3. The highest BCUT2D eigenvalue weighted by atomic mass is 31.2. The van der Waals surface area contributed by atoms with Gasteiger partial charge in [-0.3, -0.25) is 42.3 Å². The lowest BCUT2D eigenvalue weighted by molar-refractivity contribution is -0.302. The Hall–Kier alpha value is -6.81. The second-order valence-corrected chi connectivity index (χ2v) is 41.2. The summed E-state index contributed by atoms with van der Waals surface area (Å²) in [6, 6.07) is 13.2. The Bertz CT molecular complexity index is 3640. The van der Waals surface area contributed by atoms with Crippen LogP contribution in [0.3, 0.4) is 0 Å². The SMILES string of the molecule is C=CCOC(=O)O[C@@H]1[C@@H](NC(=O)C[C@@H](CCCCCCCCCCC)OC(=O)CCCCCCCCCCC)[C@@H](OC)O[C@H](CO[C@@H]2O[C@H](COCc3ccccc3)[C@@H](OP3(=O)OCc4ccccc4CO3)[C@H](OC(=O)C[C@@H](CCCCCCCCCCC)OC(=O)CCCCCCCCCCC)[C@H]2NC(=O)C[C@@H](CCCCCCCCCCC)OC(=O)CCCCCCCCCCC)[C@H]1OC(=O)OCC=C. The molecule has 0 saturated carbocycles. The van der Waals surface area contributed by atoms with E-state index in [-0.39, 0.29) is 58.7 Å². The van der Waals surface area contributed by atoms with Gasteiger partial charge in [0.25, 0.3) is 0 Å². The highest BCUT2D eigenvalue weighted by molar-refractivity contribution is 7.48. The summed E-state index contributed by atoms with van der Waals surface area (Å²) in [5.41, 5.74) is 2.05. The van der Waals surface area contributed by atoms with Crippen molar-refractivity contribution < 1.29 is 118 Å². The minimum atomic E-state index is -4.87. The quantitative estimate of drug-likeness (QED) is 0.0204. The Morgan fingerprint density at radius 3 is 1.06 bits per heavy atom. The van der Waals surface area contributed by atoms with Gasteiger partial charge in [0.15, 0.2) is 30.9 Å². The predicted octanol–water partition coefficient (Wildman–Crippen LogP) is 28.3. The summed E-state index contributed by atoms with van der Waals surface area (Å²) in [4.78, 5) is 118. The Balaban J connectivity index is 1.71. The first-order valence-electron chi connectivity index (χ1n) is 56.3. The van der Waals surface area contributed by atoms with E-state index in [0.717, 1.165) is 211 Å². The van der Waals surface area contributed by atoms with E-state index in [9.17, 15) is 24.0 Å². The standard InChI is InChI=1S/C114H191N2O25P/c1-10-18-24-30-36-42-48-54-63-75-94(133-101(119)78-66-57-51-45-39-33-27-21-13-4)83-99(117)115-105-109(140-114(124)129-82-17-8)107(139-113(123)128-81-16-7)98(136-111(105)126-9)90-130-112-106(116-100(118)84-95(76-64-55-49-43-37-31-25-19-11-2)134-102(120)79-67-58-52-46-40-34-28-22-14-5)110(108(97(137-112)89-127-86-91-71-61-60-62-72-91)141-142(125)131-87-92-73-69-70-74-93(92)88-132-142)138-104(122)85-96(77-65-56-50-44-38-32-26-20-12-3)135-103(121)80-68-59-53-47-41-35-29-23-15-6/h16-17,60-62,69-74,94-98,105-112H,7-8,10-15,18-59,63-68,75-90H2,1-6,9H3,(H,115,117)(H,116,118)/t94-,95-,96-,97-,98-,105-,106-,107-,108-,109-,110-,111+,112-/m1/s1. The predicted molar refractivity (Wildman–Crippen MR) is 556 cm³/mol. The number of unbranched alkanes of at least 4 members (excludes halogenated alkanes) is 48. The average molecular weight is 2020 g/mol. The molecule has 2 aromatic carbocycles. The van der Waals surface area contributed by atoms with Crippen molar-refractivity contribution in [3.8, 4) is 0 Å². The maximum atomic E-state index is 16.0. The summed E-state index contributed by atoms with van der Waals surface area (Å²) >= 11 is 0. The molecular weight excluding hydrogens is 1830 g/mol. The zero-order chi connectivity index (χ0) is 102. The number of carbonyl (C=O) groups excluding carboxylic acids is 8. The fourth-order valence-electron chi connectivity index (χ4n) is 18.7. The van der Waals surface area contributed by atoms with Crippen LogP contribution in [0, 0.1) is 0 Å². The van der Waals surface area contributed by atoms with Crippen molar-refractivity contribution in [2.75, 3.05) is 33.5 Å². The molecule has 0 aromatic heterocycles. The molecule has 2 N–H and O–H groups in total. The largest absolute Gasteiger partial charge is 0.509 e. The Labute approximate surface area is 855 Å². The van der Waals surface area contributed by atoms with Crippen molar-refractivity contribution in [1.29, 1.82) is 0 Å². The van der Waals surface area contributed by atoms with Crippen LogP contribution in [0.4, 0.5) is 9.59 Å². The molecule has 2 aromatic rings. The van der Waals surface area contributed by atoms with E-state index in [0.29, 0.717) is 68.9 Å². The third kappa shape index (κ3) is 58.1. The monoisotopic (exact) mass is 2020 g/mol. The zero-order valence-corrected chi connectivity index (χ0v) is 89.8. The lowest BCUT2D eigenvalue weighted by Gasteiger charge is -2.47. The normalized spacial score (nSPS) is 19.4. The molecule has 5 rings (SSSR count). The molecule has 0 radical (unpaired) electrons. The summed E-state index contributed by atoms with van der Waals surface area (Å²) in [6.07, 6.45) is 38.9. The molecule has 3 aliphatic heterocycles. The number of phosphoric acid groups is 1. The van der Waals surface area contributed by atoms with Gasteiger partial charge in [0, 0.05) is 26.4 Å². The molecule has 3 heterocycles. The van der Waals surface area contributed by atoms with Crippen LogP contribution in [0.2, 0.25) is 0 Å². The molecule has 2 fully saturated rings. The molecule has 0 unspecified atom stereocenters. The molecule has 0 bridgehead atoms. The van der Waals surface area contributed by atoms with Gasteiger partial charge < -0.3 is 72.2 Å². The van der Waals surface area contributed by atoms with E-state index < -0.39 is 161 Å². The second kappa shape index (κ2) is 82.2. The number of nitrogens with one attached hydrogen (secondary N) is 2. The van der Waals surface area contributed by atoms with Crippen molar-refractivity contribution >= 4 is 55.8 Å². The molecule has 0 aliphatic carbocycles. The molecule has 812 valence electrons. The van der Waals surface area contributed by atoms with Gasteiger partial charge in [-0.25, -0.2) is 14.2 Å². The van der Waals surface area contributed by atoms with Crippen molar-refractivity contribution in [3.63, 3.8) is 0 Å². The molecule has 2 amide bonds. The minimum Gasteiger partial charge on any atom is -0.462 e. The van der Waals surface area contributed by atoms with Gasteiger partial charge in [-0.2, -0.15) is 0 Å². The second-order valence-electron chi connectivity index (χ2n) is 39.5. The Morgan fingerprint density at radius 1 is 0.373 bits per heavy atom. The lowest BCUT2D eigenvalue weighted by Crippen LogP contribution is -2.68. The summed E-state index contributed by atoms with van der Waals surface area (Å²) < 4.78 is 118. The van der Waals surface area contributed by atoms with Gasteiger partial charge in [0.2, 0.25) is 11.8 Å². The molecule has 3 aliphatic rings. The molecule has 0 spiro atoms.